The molecule has 3 rings (SSSR count). The third-order valence-corrected chi connectivity index (χ3v) is 3.78. The molecular weight excluding hydrogens is 264 g/mol. The van der Waals surface area contributed by atoms with Gasteiger partial charge in [-0.2, -0.15) is 0 Å². The van der Waals surface area contributed by atoms with Crippen molar-refractivity contribution in [3.8, 4) is 0 Å². The van der Waals surface area contributed by atoms with E-state index in [-0.39, 0.29) is 6.10 Å². The smallest absolute Gasteiger partial charge is 0.194 e. The first-order valence-corrected chi connectivity index (χ1v) is 7.54. The van der Waals surface area contributed by atoms with E-state index in [4.69, 9.17) is 0 Å². The molecule has 1 aliphatic heterocycles. The van der Waals surface area contributed by atoms with Crippen molar-refractivity contribution in [1.29, 1.82) is 0 Å². The van der Waals surface area contributed by atoms with E-state index in [0.717, 1.165) is 36.7 Å². The average molecular weight is 286 g/mol. The van der Waals surface area contributed by atoms with Crippen LogP contribution in [0.1, 0.15) is 19.0 Å². The summed E-state index contributed by atoms with van der Waals surface area (Å²) in [5, 5.41) is 14.2. The predicted molar refractivity (Wildman–Crippen MR) is 85.3 cm³/mol. The molecule has 0 bridgehead atoms. The summed E-state index contributed by atoms with van der Waals surface area (Å²) < 4.78 is 0. The zero-order valence-corrected chi connectivity index (χ0v) is 12.3. The van der Waals surface area contributed by atoms with Crippen LogP contribution in [-0.2, 0) is 6.54 Å². The fraction of sp³-hybridized carbons (Fsp3) is 0.438. The summed E-state index contributed by atoms with van der Waals surface area (Å²) in [7, 11) is 0. The van der Waals surface area contributed by atoms with Gasteiger partial charge in [-0.15, -0.1) is 0 Å². The molecule has 0 spiro atoms. The molecule has 2 aromatic rings. The van der Waals surface area contributed by atoms with Crippen molar-refractivity contribution in [2.24, 2.45) is 4.99 Å². The number of nitrogens with one attached hydrogen (secondary N) is 2. The first-order valence-electron chi connectivity index (χ1n) is 7.54. The Balaban J connectivity index is 1.74. The molecule has 1 aliphatic rings. The van der Waals surface area contributed by atoms with Crippen LogP contribution in [0.3, 0.4) is 0 Å². The number of hydrogen-bond acceptors (Lipinski definition) is 2. The number of guanidine groups is 1. The highest BCUT2D eigenvalue weighted by Gasteiger charge is 2.22. The molecule has 1 atom stereocenters. The number of para-hydroxylation sites is 1. The van der Waals surface area contributed by atoms with E-state index >= 15 is 0 Å². The number of hydrogen-bond donors (Lipinski definition) is 3. The van der Waals surface area contributed by atoms with Crippen molar-refractivity contribution in [2.45, 2.75) is 26.0 Å². The number of likely N-dealkylation sites (tertiary alicyclic amines) is 1. The number of aliphatic hydroxyl groups is 1. The lowest BCUT2D eigenvalue weighted by Crippen LogP contribution is -2.40. The van der Waals surface area contributed by atoms with Gasteiger partial charge in [0.1, 0.15) is 0 Å². The average Bonchev–Trinajstić information content (AvgIpc) is 3.09. The molecular formula is C16H22N4O. The highest BCUT2D eigenvalue weighted by molar-refractivity contribution is 5.81. The van der Waals surface area contributed by atoms with Gasteiger partial charge in [0.05, 0.1) is 12.6 Å². The van der Waals surface area contributed by atoms with Gasteiger partial charge in [0.25, 0.3) is 0 Å². The van der Waals surface area contributed by atoms with Gasteiger partial charge in [-0.3, -0.25) is 0 Å². The topological polar surface area (TPSA) is 63.7 Å². The van der Waals surface area contributed by atoms with Crippen LogP contribution >= 0.6 is 0 Å². The first kappa shape index (κ1) is 13.9. The van der Waals surface area contributed by atoms with Crippen molar-refractivity contribution in [3.63, 3.8) is 0 Å². The van der Waals surface area contributed by atoms with Crippen molar-refractivity contribution in [2.75, 3.05) is 19.6 Å². The van der Waals surface area contributed by atoms with Crippen LogP contribution in [0.2, 0.25) is 0 Å². The molecule has 2 heterocycles. The predicted octanol–water partition coefficient (Wildman–Crippen LogP) is 1.70. The van der Waals surface area contributed by atoms with E-state index in [1.165, 1.54) is 5.39 Å². The van der Waals surface area contributed by atoms with Gasteiger partial charge in [0, 0.05) is 30.8 Å². The Morgan fingerprint density at radius 3 is 3.05 bits per heavy atom. The number of aromatic nitrogens is 1. The fourth-order valence-corrected chi connectivity index (χ4v) is 2.74. The quantitative estimate of drug-likeness (QED) is 0.594. The van der Waals surface area contributed by atoms with E-state index in [1.54, 1.807) is 0 Å². The van der Waals surface area contributed by atoms with Gasteiger partial charge in [0.2, 0.25) is 0 Å². The maximum absolute atomic E-state index is 9.67. The molecule has 0 radical (unpaired) electrons. The summed E-state index contributed by atoms with van der Waals surface area (Å²) in [6.07, 6.45) is 0.582. The van der Waals surface area contributed by atoms with E-state index in [1.807, 2.05) is 12.1 Å². The zero-order valence-electron chi connectivity index (χ0n) is 12.3. The maximum Gasteiger partial charge on any atom is 0.194 e. The molecule has 1 aromatic carbocycles. The van der Waals surface area contributed by atoms with Gasteiger partial charge in [-0.25, -0.2) is 4.99 Å². The molecule has 0 aliphatic carbocycles. The van der Waals surface area contributed by atoms with E-state index in [0.29, 0.717) is 13.1 Å². The minimum Gasteiger partial charge on any atom is -0.391 e. The summed E-state index contributed by atoms with van der Waals surface area (Å²) in [4.78, 5) is 10.2. The van der Waals surface area contributed by atoms with Gasteiger partial charge in [0.15, 0.2) is 5.96 Å². The molecule has 0 unspecified atom stereocenters. The molecule has 5 nitrogen and oxygen atoms in total. The molecule has 21 heavy (non-hydrogen) atoms. The molecule has 5 heteroatoms. The number of fused-ring (bicyclic) bond motifs is 1. The summed E-state index contributed by atoms with van der Waals surface area (Å²) >= 11 is 0. The monoisotopic (exact) mass is 286 g/mol. The number of H-pyrrole nitrogens is 1. The number of aromatic amines is 1. The summed E-state index contributed by atoms with van der Waals surface area (Å²) in [5.74, 6) is 0.882. The lowest BCUT2D eigenvalue weighted by Gasteiger charge is -2.20. The minimum atomic E-state index is -0.234. The largest absolute Gasteiger partial charge is 0.391 e. The lowest BCUT2D eigenvalue weighted by molar-refractivity contribution is 0.188. The molecule has 0 saturated carbocycles. The Morgan fingerprint density at radius 1 is 1.48 bits per heavy atom. The first-order chi connectivity index (χ1) is 10.3. The second-order valence-electron chi connectivity index (χ2n) is 5.44. The Hall–Kier alpha value is -2.01. The number of benzene rings is 1. The number of aliphatic imine (C=N–C) groups is 1. The lowest BCUT2D eigenvalue weighted by atomic mass is 10.2. The molecule has 0 amide bonds. The SMILES string of the molecule is CCNC(=NCc1cc2ccccc2[nH]1)N1CC[C@@H](O)C1. The Labute approximate surface area is 124 Å². The second kappa shape index (κ2) is 6.18. The van der Waals surface area contributed by atoms with Crippen LogP contribution in [0.15, 0.2) is 35.3 Å². The summed E-state index contributed by atoms with van der Waals surface area (Å²) in [6.45, 7) is 5.03. The van der Waals surface area contributed by atoms with Crippen LogP contribution in [0.25, 0.3) is 10.9 Å². The maximum atomic E-state index is 9.67. The normalized spacial score (nSPS) is 19.4. The number of β-amino-alcohol motifs (C(OH)–C–C–N with tert-alkyl or cyclic N) is 1. The van der Waals surface area contributed by atoms with Gasteiger partial charge >= 0.3 is 0 Å². The molecule has 3 N–H and O–H groups in total. The Morgan fingerprint density at radius 2 is 2.33 bits per heavy atom. The number of nitrogens with zero attached hydrogens (tertiary/aromatic N) is 2. The van der Waals surface area contributed by atoms with Gasteiger partial charge in [-0.1, -0.05) is 18.2 Å². The van der Waals surface area contributed by atoms with Crippen LogP contribution < -0.4 is 5.32 Å². The minimum absolute atomic E-state index is 0.234. The Kier molecular flexibility index (Phi) is 4.10. The highest BCUT2D eigenvalue weighted by atomic mass is 16.3. The van der Waals surface area contributed by atoms with Gasteiger partial charge < -0.3 is 20.3 Å². The van der Waals surface area contributed by atoms with Crippen molar-refractivity contribution < 1.29 is 5.11 Å². The standard InChI is InChI=1S/C16H22N4O/c1-2-17-16(20-8-7-14(21)11-20)18-10-13-9-12-5-3-4-6-15(12)19-13/h3-6,9,14,19,21H,2,7-8,10-11H2,1H3,(H,17,18)/t14-/m1/s1. The van der Waals surface area contributed by atoms with Crippen molar-refractivity contribution in [3.05, 3.63) is 36.0 Å². The highest BCUT2D eigenvalue weighted by Crippen LogP contribution is 2.15. The number of rotatable bonds is 3. The molecule has 1 fully saturated rings. The third kappa shape index (κ3) is 3.19. The van der Waals surface area contributed by atoms with Crippen molar-refractivity contribution >= 4 is 16.9 Å². The fourth-order valence-electron chi connectivity index (χ4n) is 2.74. The molecule has 112 valence electrons. The zero-order chi connectivity index (χ0) is 14.7. The number of aliphatic hydroxyl groups excluding tert-OH is 1. The van der Waals surface area contributed by atoms with Crippen LogP contribution in [0.4, 0.5) is 0 Å². The van der Waals surface area contributed by atoms with Crippen LogP contribution in [0, 0.1) is 0 Å². The van der Waals surface area contributed by atoms with Crippen molar-refractivity contribution in [1.82, 2.24) is 15.2 Å². The Bertz CT molecular complexity index is 601. The van der Waals surface area contributed by atoms with E-state index < -0.39 is 0 Å². The van der Waals surface area contributed by atoms with E-state index in [2.05, 4.69) is 45.3 Å². The summed E-state index contributed by atoms with van der Waals surface area (Å²) in [5.41, 5.74) is 2.25. The third-order valence-electron chi connectivity index (χ3n) is 3.78. The van der Waals surface area contributed by atoms with Crippen LogP contribution in [-0.4, -0.2) is 46.7 Å². The second-order valence-corrected chi connectivity index (χ2v) is 5.44. The van der Waals surface area contributed by atoms with Gasteiger partial charge in [-0.05, 0) is 30.9 Å². The summed E-state index contributed by atoms with van der Waals surface area (Å²) in [6, 6.07) is 10.4. The van der Waals surface area contributed by atoms with Crippen LogP contribution in [0.5, 0.6) is 0 Å². The molecule has 1 aromatic heterocycles. The van der Waals surface area contributed by atoms with E-state index in [9.17, 15) is 5.11 Å². The molecule has 1 saturated heterocycles.